The van der Waals surface area contributed by atoms with Gasteiger partial charge in [-0.05, 0) is 12.5 Å². The Morgan fingerprint density at radius 3 is 2.00 bits per heavy atom. The maximum atomic E-state index is 12.7. The lowest BCUT2D eigenvalue weighted by Crippen LogP contribution is -2.37. The van der Waals surface area contributed by atoms with Crippen LogP contribution in [0.1, 0.15) is 103 Å². The van der Waals surface area contributed by atoms with Crippen LogP contribution < -0.4 is 11.0 Å². The number of aliphatic hydroxyl groups excluding tert-OH is 1. The maximum Gasteiger partial charge on any atom is 0.470 e. The van der Waals surface area contributed by atoms with E-state index in [1.165, 1.54) is 63.9 Å². The summed E-state index contributed by atoms with van der Waals surface area (Å²) in [7, 11) is -10.1. The van der Waals surface area contributed by atoms with Gasteiger partial charge in [-0.3, -0.25) is 18.4 Å². The highest BCUT2D eigenvalue weighted by Gasteiger charge is 2.49. The van der Waals surface area contributed by atoms with E-state index < -0.39 is 52.5 Å². The van der Waals surface area contributed by atoms with Crippen molar-refractivity contribution < 1.29 is 52.4 Å². The minimum atomic E-state index is -5.19. The molecule has 0 unspecified atom stereocenters. The van der Waals surface area contributed by atoms with Crippen molar-refractivity contribution >= 4 is 27.4 Å². The Labute approximate surface area is 245 Å². The summed E-state index contributed by atoms with van der Waals surface area (Å²) < 4.78 is 37.5. The number of carbonyl (C=O) groups is 1. The van der Waals surface area contributed by atoms with Crippen LogP contribution in [-0.4, -0.2) is 65.1 Å². The number of rotatable bonds is 21. The molecule has 0 aromatic carbocycles. The highest BCUT2D eigenvalue weighted by molar-refractivity contribution is 7.46. The van der Waals surface area contributed by atoms with Crippen molar-refractivity contribution in [2.24, 2.45) is 0 Å². The van der Waals surface area contributed by atoms with Crippen molar-refractivity contribution in [3.8, 4) is 0 Å². The molecule has 1 saturated heterocycles. The highest BCUT2D eigenvalue weighted by Crippen LogP contribution is 2.45. The molecule has 4 atom stereocenters. The van der Waals surface area contributed by atoms with E-state index >= 15 is 0 Å². The molecular weight excluding hydrogens is 596 g/mol. The molecule has 42 heavy (non-hydrogen) atoms. The number of amides is 1. The van der Waals surface area contributed by atoms with Gasteiger partial charge in [0.1, 0.15) is 24.1 Å². The minimum absolute atomic E-state index is 0.0525. The van der Waals surface area contributed by atoms with Gasteiger partial charge < -0.3 is 34.7 Å². The number of ether oxygens (including phenoxy) is 1. The number of unbranched alkanes of at least 4 members (excludes halogenated alkanes) is 12. The van der Waals surface area contributed by atoms with Crippen molar-refractivity contribution in [2.75, 3.05) is 11.9 Å². The molecule has 1 aromatic rings. The fraction of sp³-hybridized carbons (Fsp3) is 0.800. The third-order valence-corrected chi connectivity index (χ3v) is 7.86. The molecule has 0 radical (unpaired) electrons. The van der Waals surface area contributed by atoms with Crippen LogP contribution in [0.3, 0.4) is 0 Å². The molecule has 2 heterocycles. The van der Waals surface area contributed by atoms with Crippen LogP contribution in [0.15, 0.2) is 17.1 Å². The summed E-state index contributed by atoms with van der Waals surface area (Å²) in [5.74, 6) is -0.379. The quantitative estimate of drug-likeness (QED) is 0.0835. The zero-order chi connectivity index (χ0) is 31.2. The summed E-state index contributed by atoms with van der Waals surface area (Å²) >= 11 is 0. The van der Waals surface area contributed by atoms with Gasteiger partial charge in [0.15, 0.2) is 6.23 Å². The number of nitrogens with zero attached hydrogens (tertiary/aromatic N) is 2. The van der Waals surface area contributed by atoms with Crippen LogP contribution in [-0.2, 0) is 27.7 Å². The number of hydrogen-bond acceptors (Lipinski definition) is 9. The number of aliphatic hydroxyl groups is 1. The van der Waals surface area contributed by atoms with Crippen molar-refractivity contribution in [2.45, 2.75) is 121 Å². The lowest BCUT2D eigenvalue weighted by molar-refractivity contribution is -0.116. The first-order valence-corrected chi connectivity index (χ1v) is 17.5. The summed E-state index contributed by atoms with van der Waals surface area (Å²) in [5.41, 5.74) is -0.998. The summed E-state index contributed by atoms with van der Waals surface area (Å²) in [5, 5.41) is 12.9. The molecule has 15 nitrogen and oxygen atoms in total. The number of anilines is 1. The summed E-state index contributed by atoms with van der Waals surface area (Å²) in [6.45, 7) is 1.36. The zero-order valence-corrected chi connectivity index (χ0v) is 25.7. The number of hydrogen-bond donors (Lipinski definition) is 6. The molecule has 242 valence electrons. The van der Waals surface area contributed by atoms with Gasteiger partial charge in [-0.2, -0.15) is 4.98 Å². The van der Waals surface area contributed by atoms with E-state index in [1.54, 1.807) is 0 Å². The van der Waals surface area contributed by atoms with E-state index in [-0.39, 0.29) is 18.1 Å². The van der Waals surface area contributed by atoms with Crippen LogP contribution in [0.25, 0.3) is 0 Å². The van der Waals surface area contributed by atoms with Gasteiger partial charge in [0.05, 0.1) is 6.61 Å². The molecule has 1 amide bonds. The second-order valence-corrected chi connectivity index (χ2v) is 12.9. The van der Waals surface area contributed by atoms with Gasteiger partial charge in [-0.15, -0.1) is 0 Å². The molecular formula is C25H45N3O12P2. The Hall–Kier alpha value is -1.51. The van der Waals surface area contributed by atoms with Gasteiger partial charge in [0, 0.05) is 12.6 Å². The number of phosphoric ester groups is 2. The van der Waals surface area contributed by atoms with Crippen LogP contribution in [0.4, 0.5) is 5.82 Å². The SMILES string of the molecule is CCCCCCCCCCCCCCCC(=O)Nc1ccn([C@@H]2O[C@H](COP(=O)(O)O)[C@@H](O)[C@H]2OP(=O)(O)O)c(=O)n1. The van der Waals surface area contributed by atoms with E-state index in [9.17, 15) is 33.6 Å². The van der Waals surface area contributed by atoms with Crippen molar-refractivity contribution in [1.29, 1.82) is 0 Å². The van der Waals surface area contributed by atoms with Crippen LogP contribution in [0.2, 0.25) is 0 Å². The second-order valence-electron chi connectivity index (χ2n) is 10.4. The topological polar surface area (TPSA) is 227 Å². The number of aromatic nitrogens is 2. The van der Waals surface area contributed by atoms with Gasteiger partial charge in [-0.25, -0.2) is 13.9 Å². The Balaban J connectivity index is 1.79. The maximum absolute atomic E-state index is 12.7. The minimum Gasteiger partial charge on any atom is -0.387 e. The monoisotopic (exact) mass is 641 g/mol. The standard InChI is InChI=1S/C25H45N3O12P2/c1-2-3-4-5-6-7-8-9-10-11-12-13-14-15-21(29)26-20-16-17-28(25(31)27-20)24-23(40-42(35,36)37)22(30)19(39-24)18-38-41(32,33)34/h16-17,19,22-24,30H,2-15,18H2,1H3,(H2,32,33,34)(H2,35,36,37)(H,26,27,29,31)/t19-,22-,23-,24-/m1/s1. The third-order valence-electron chi connectivity index (χ3n) is 6.86. The van der Waals surface area contributed by atoms with Crippen molar-refractivity contribution in [3.05, 3.63) is 22.7 Å². The van der Waals surface area contributed by atoms with Gasteiger partial charge in [-0.1, -0.05) is 84.0 Å². The molecule has 1 aliphatic heterocycles. The van der Waals surface area contributed by atoms with Crippen molar-refractivity contribution in [3.63, 3.8) is 0 Å². The van der Waals surface area contributed by atoms with E-state index in [0.29, 0.717) is 6.42 Å². The fourth-order valence-corrected chi connectivity index (χ4v) is 5.59. The first-order chi connectivity index (χ1) is 19.8. The predicted octanol–water partition coefficient (Wildman–Crippen LogP) is 3.51. The second kappa shape index (κ2) is 18.3. The first kappa shape index (κ1) is 36.7. The molecule has 6 N–H and O–H groups in total. The lowest BCUT2D eigenvalue weighted by Gasteiger charge is -2.22. The van der Waals surface area contributed by atoms with Gasteiger partial charge in [0.2, 0.25) is 5.91 Å². The third kappa shape index (κ3) is 14.3. The first-order valence-electron chi connectivity index (χ1n) is 14.5. The molecule has 0 bridgehead atoms. The molecule has 1 fully saturated rings. The summed E-state index contributed by atoms with van der Waals surface area (Å²) in [4.78, 5) is 65.0. The van der Waals surface area contributed by atoms with E-state index in [1.807, 2.05) is 0 Å². The summed E-state index contributed by atoms with van der Waals surface area (Å²) in [6.07, 6.45) is 9.95. The Bertz CT molecular complexity index is 1110. The summed E-state index contributed by atoms with van der Waals surface area (Å²) in [6, 6.07) is 1.26. The molecule has 1 aliphatic rings. The molecule has 0 spiro atoms. The number of nitrogens with one attached hydrogen (secondary N) is 1. The Kier molecular flexibility index (Phi) is 16.0. The van der Waals surface area contributed by atoms with Gasteiger partial charge in [0.25, 0.3) is 0 Å². The van der Waals surface area contributed by atoms with Gasteiger partial charge >= 0.3 is 21.3 Å². The Morgan fingerprint density at radius 1 is 0.952 bits per heavy atom. The van der Waals surface area contributed by atoms with Crippen LogP contribution in [0.5, 0.6) is 0 Å². The average molecular weight is 642 g/mol. The molecule has 2 rings (SSSR count). The fourth-order valence-electron chi connectivity index (χ4n) is 4.71. The van der Waals surface area contributed by atoms with E-state index in [0.717, 1.165) is 30.0 Å². The zero-order valence-electron chi connectivity index (χ0n) is 24.0. The van der Waals surface area contributed by atoms with Crippen LogP contribution >= 0.6 is 15.6 Å². The average Bonchev–Trinajstić information content (AvgIpc) is 3.18. The van der Waals surface area contributed by atoms with Crippen molar-refractivity contribution in [1.82, 2.24) is 9.55 Å². The number of carbonyl (C=O) groups excluding carboxylic acids is 1. The number of phosphoric acid groups is 2. The largest absolute Gasteiger partial charge is 0.470 e. The predicted molar refractivity (Wildman–Crippen MR) is 152 cm³/mol. The molecule has 1 aromatic heterocycles. The van der Waals surface area contributed by atoms with E-state index in [4.69, 9.17) is 14.5 Å². The normalized spacial score (nSPS) is 21.1. The Morgan fingerprint density at radius 2 is 1.50 bits per heavy atom. The molecule has 0 aliphatic carbocycles. The lowest BCUT2D eigenvalue weighted by atomic mass is 10.0. The molecule has 0 saturated carbocycles. The smallest absolute Gasteiger partial charge is 0.387 e. The van der Waals surface area contributed by atoms with E-state index in [2.05, 4.69) is 26.3 Å². The van der Waals surface area contributed by atoms with Crippen LogP contribution in [0, 0.1) is 0 Å². The molecule has 17 heteroatoms. The highest BCUT2D eigenvalue weighted by atomic mass is 31.2.